The second-order valence-corrected chi connectivity index (χ2v) is 3.14. The van der Waals surface area contributed by atoms with Crippen molar-refractivity contribution in [2.45, 2.75) is 13.2 Å². The van der Waals surface area contributed by atoms with Crippen LogP contribution in [0.3, 0.4) is 0 Å². The number of nitrogens with zero attached hydrogens (tertiary/aromatic N) is 4. The first-order valence-electron chi connectivity index (χ1n) is 4.49. The fourth-order valence-electron chi connectivity index (χ4n) is 1.28. The number of hydrogen-bond donors (Lipinski definition) is 2. The van der Waals surface area contributed by atoms with Crippen molar-refractivity contribution in [3.8, 4) is 11.5 Å². The number of aromatic nitrogens is 4. The number of nitrogens with two attached hydrogens (primary N) is 1. The molecule has 0 saturated heterocycles. The van der Waals surface area contributed by atoms with Crippen LogP contribution in [0.5, 0.6) is 0 Å². The van der Waals surface area contributed by atoms with E-state index in [1.807, 2.05) is 0 Å². The molecule has 2 rings (SSSR count). The summed E-state index contributed by atoms with van der Waals surface area (Å²) in [5, 5.41) is 17.1. The van der Waals surface area contributed by atoms with Gasteiger partial charge in [-0.3, -0.25) is 4.57 Å². The van der Waals surface area contributed by atoms with E-state index in [0.29, 0.717) is 17.3 Å². The zero-order valence-corrected chi connectivity index (χ0v) is 8.20. The Hall–Kier alpha value is -1.95. The predicted octanol–water partition coefficient (Wildman–Crippen LogP) is 0.433. The lowest BCUT2D eigenvalue weighted by Gasteiger charge is -2.08. The van der Waals surface area contributed by atoms with Gasteiger partial charge >= 0.3 is 0 Å². The van der Waals surface area contributed by atoms with Gasteiger partial charge in [-0.25, -0.2) is 4.98 Å². The Morgan fingerprint density at radius 2 is 2.27 bits per heavy atom. The quantitative estimate of drug-likeness (QED) is 0.742. The normalized spacial score (nSPS) is 12.7. The van der Waals surface area contributed by atoms with Crippen molar-refractivity contribution in [1.82, 2.24) is 19.7 Å². The number of pyridine rings is 1. The molecule has 0 fully saturated rings. The summed E-state index contributed by atoms with van der Waals surface area (Å²) in [7, 11) is 0. The van der Waals surface area contributed by atoms with Crippen LogP contribution in [0.15, 0.2) is 24.5 Å². The largest absolute Gasteiger partial charge is 0.384 e. The molecule has 0 radical (unpaired) electrons. The molecule has 0 aliphatic rings. The molecule has 0 aromatic carbocycles. The van der Waals surface area contributed by atoms with Gasteiger partial charge in [0.2, 0.25) is 0 Å². The molecule has 15 heavy (non-hydrogen) atoms. The van der Waals surface area contributed by atoms with Crippen LogP contribution < -0.4 is 5.73 Å². The number of aliphatic hydroxyl groups is 1. The van der Waals surface area contributed by atoms with Crippen LogP contribution in [-0.4, -0.2) is 24.9 Å². The van der Waals surface area contributed by atoms with E-state index in [-0.39, 0.29) is 0 Å². The van der Waals surface area contributed by atoms with Crippen molar-refractivity contribution < 1.29 is 5.11 Å². The average Bonchev–Trinajstić information content (AvgIpc) is 2.65. The maximum absolute atomic E-state index is 9.45. The van der Waals surface area contributed by atoms with Gasteiger partial charge in [0.1, 0.15) is 24.1 Å². The third-order valence-electron chi connectivity index (χ3n) is 1.98. The monoisotopic (exact) mass is 205 g/mol. The summed E-state index contributed by atoms with van der Waals surface area (Å²) in [5.41, 5.74) is 6.15. The molecule has 1 unspecified atom stereocenters. The molecule has 2 aromatic rings. The van der Waals surface area contributed by atoms with Gasteiger partial charge in [-0.15, -0.1) is 10.2 Å². The number of nitrogen functional groups attached to an aromatic ring is 1. The lowest BCUT2D eigenvalue weighted by molar-refractivity contribution is 0.126. The first-order chi connectivity index (χ1) is 7.18. The van der Waals surface area contributed by atoms with Crippen LogP contribution in [-0.2, 0) is 0 Å². The van der Waals surface area contributed by atoms with E-state index in [4.69, 9.17) is 5.73 Å². The van der Waals surface area contributed by atoms with Gasteiger partial charge in [0, 0.05) is 0 Å². The fourth-order valence-corrected chi connectivity index (χ4v) is 1.28. The molecule has 2 aromatic heterocycles. The lowest BCUT2D eigenvalue weighted by Crippen LogP contribution is -2.05. The minimum atomic E-state index is -0.696. The summed E-state index contributed by atoms with van der Waals surface area (Å²) in [6.07, 6.45) is 0.753. The maximum Gasteiger partial charge on any atom is 0.184 e. The molecule has 1 atom stereocenters. The first-order valence-corrected chi connectivity index (χ1v) is 4.49. The van der Waals surface area contributed by atoms with E-state index in [9.17, 15) is 5.11 Å². The summed E-state index contributed by atoms with van der Waals surface area (Å²) in [6, 6.07) is 5.23. The number of anilines is 1. The smallest absolute Gasteiger partial charge is 0.184 e. The van der Waals surface area contributed by atoms with E-state index in [1.54, 1.807) is 25.1 Å². The van der Waals surface area contributed by atoms with Crippen molar-refractivity contribution in [2.75, 3.05) is 5.73 Å². The van der Waals surface area contributed by atoms with Crippen molar-refractivity contribution in [2.24, 2.45) is 0 Å². The van der Waals surface area contributed by atoms with Gasteiger partial charge in [-0.05, 0) is 19.1 Å². The van der Waals surface area contributed by atoms with Crippen molar-refractivity contribution in [3.05, 3.63) is 24.5 Å². The molecule has 0 aliphatic carbocycles. The Morgan fingerprint density at radius 3 is 2.93 bits per heavy atom. The topological polar surface area (TPSA) is 89.8 Å². The molecule has 0 spiro atoms. The van der Waals surface area contributed by atoms with Gasteiger partial charge in [0.15, 0.2) is 5.82 Å². The molecule has 0 amide bonds. The summed E-state index contributed by atoms with van der Waals surface area (Å²) < 4.78 is 1.52. The van der Waals surface area contributed by atoms with Gasteiger partial charge in [0.05, 0.1) is 0 Å². The van der Waals surface area contributed by atoms with Gasteiger partial charge in [-0.1, -0.05) is 6.07 Å². The van der Waals surface area contributed by atoms with E-state index < -0.39 is 6.23 Å². The second-order valence-electron chi connectivity index (χ2n) is 3.14. The van der Waals surface area contributed by atoms with E-state index >= 15 is 0 Å². The van der Waals surface area contributed by atoms with Crippen LogP contribution in [0.1, 0.15) is 13.2 Å². The molecule has 0 bridgehead atoms. The highest BCUT2D eigenvalue weighted by molar-refractivity contribution is 5.52. The highest BCUT2D eigenvalue weighted by Crippen LogP contribution is 2.17. The highest BCUT2D eigenvalue weighted by atomic mass is 16.3. The van der Waals surface area contributed by atoms with Crippen LogP contribution in [0.4, 0.5) is 5.82 Å². The molecule has 6 nitrogen and oxygen atoms in total. The lowest BCUT2D eigenvalue weighted by atomic mass is 10.3. The zero-order chi connectivity index (χ0) is 10.8. The molecule has 78 valence electrons. The summed E-state index contributed by atoms with van der Waals surface area (Å²) >= 11 is 0. The van der Waals surface area contributed by atoms with Crippen LogP contribution >= 0.6 is 0 Å². The molecule has 0 aliphatic heterocycles. The van der Waals surface area contributed by atoms with Crippen molar-refractivity contribution in [3.63, 3.8) is 0 Å². The predicted molar refractivity (Wildman–Crippen MR) is 54.6 cm³/mol. The third kappa shape index (κ3) is 1.79. The Labute approximate surface area is 86.4 Å². The molecule has 3 N–H and O–H groups in total. The molecular formula is C9H11N5O. The van der Waals surface area contributed by atoms with E-state index in [1.165, 1.54) is 10.9 Å². The Balaban J connectivity index is 2.49. The number of hydrogen-bond acceptors (Lipinski definition) is 5. The van der Waals surface area contributed by atoms with E-state index in [2.05, 4.69) is 15.2 Å². The Morgan fingerprint density at radius 1 is 1.47 bits per heavy atom. The summed E-state index contributed by atoms with van der Waals surface area (Å²) in [4.78, 5) is 4.10. The fraction of sp³-hybridized carbons (Fsp3) is 0.222. The summed E-state index contributed by atoms with van der Waals surface area (Å²) in [5.74, 6) is 0.907. The second kappa shape index (κ2) is 3.66. The first kappa shape index (κ1) is 9.60. The number of rotatable bonds is 2. The Kier molecular flexibility index (Phi) is 2.34. The van der Waals surface area contributed by atoms with Crippen LogP contribution in [0.25, 0.3) is 11.5 Å². The minimum absolute atomic E-state index is 0.410. The maximum atomic E-state index is 9.45. The molecular weight excluding hydrogens is 194 g/mol. The van der Waals surface area contributed by atoms with Crippen molar-refractivity contribution >= 4 is 5.82 Å². The van der Waals surface area contributed by atoms with Gasteiger partial charge < -0.3 is 10.8 Å². The number of aliphatic hydroxyl groups excluding tert-OH is 1. The van der Waals surface area contributed by atoms with Crippen LogP contribution in [0, 0.1) is 0 Å². The van der Waals surface area contributed by atoms with Gasteiger partial charge in [-0.2, -0.15) is 0 Å². The highest BCUT2D eigenvalue weighted by Gasteiger charge is 2.11. The average molecular weight is 205 g/mol. The van der Waals surface area contributed by atoms with E-state index in [0.717, 1.165) is 0 Å². The zero-order valence-electron chi connectivity index (χ0n) is 8.20. The standard InChI is InChI=1S/C9H11N5O/c1-6(15)14-5-11-13-9(14)7-3-2-4-8(10)12-7/h2-6,15H,1H3,(H2,10,12). The minimum Gasteiger partial charge on any atom is -0.384 e. The van der Waals surface area contributed by atoms with Crippen molar-refractivity contribution in [1.29, 1.82) is 0 Å². The SMILES string of the molecule is CC(O)n1cnnc1-c1cccc(N)n1. The summed E-state index contributed by atoms with van der Waals surface area (Å²) in [6.45, 7) is 1.62. The molecule has 2 heterocycles. The Bertz CT molecular complexity index is 465. The van der Waals surface area contributed by atoms with Crippen LogP contribution in [0.2, 0.25) is 0 Å². The van der Waals surface area contributed by atoms with Gasteiger partial charge in [0.25, 0.3) is 0 Å². The molecule has 6 heteroatoms. The molecule has 0 saturated carbocycles. The third-order valence-corrected chi connectivity index (χ3v) is 1.98.